The third-order valence-electron chi connectivity index (χ3n) is 5.17. The normalized spacial score (nSPS) is 15.4. The molecule has 0 unspecified atom stereocenters. The molecule has 1 aliphatic heterocycles. The molecule has 0 radical (unpaired) electrons. The molecule has 9 heteroatoms. The number of halogens is 1. The minimum Gasteiger partial charge on any atom is -0.399 e. The zero-order chi connectivity index (χ0) is 20.4. The molecule has 1 fully saturated rings. The number of nitrogens with zero attached hydrogens (tertiary/aromatic N) is 5. The molecule has 1 aliphatic rings. The van der Waals surface area contributed by atoms with Crippen molar-refractivity contribution in [2.24, 2.45) is 0 Å². The lowest BCUT2D eigenvalue weighted by atomic mass is 10.1. The van der Waals surface area contributed by atoms with Crippen molar-refractivity contribution in [2.75, 3.05) is 43.6 Å². The summed E-state index contributed by atoms with van der Waals surface area (Å²) >= 11 is 6.51. The second-order valence-electron chi connectivity index (χ2n) is 7.30. The van der Waals surface area contributed by atoms with Gasteiger partial charge in [0.25, 0.3) is 0 Å². The molecule has 0 bridgehead atoms. The van der Waals surface area contributed by atoms with Gasteiger partial charge in [0.1, 0.15) is 5.02 Å². The van der Waals surface area contributed by atoms with Gasteiger partial charge in [-0.15, -0.1) is 0 Å². The van der Waals surface area contributed by atoms with Crippen molar-refractivity contribution in [1.82, 2.24) is 24.6 Å². The Morgan fingerprint density at radius 1 is 1.21 bits per heavy atom. The van der Waals surface area contributed by atoms with Crippen molar-refractivity contribution in [2.45, 2.75) is 18.9 Å². The van der Waals surface area contributed by atoms with Crippen LogP contribution in [0.5, 0.6) is 0 Å². The van der Waals surface area contributed by atoms with Gasteiger partial charge in [-0.2, -0.15) is 10.1 Å². The van der Waals surface area contributed by atoms with E-state index in [-0.39, 0.29) is 0 Å². The molecule has 4 rings (SSSR count). The Morgan fingerprint density at radius 2 is 2.00 bits per heavy atom. The minimum absolute atomic E-state index is 0.420. The molecular formula is C20H25ClN8. The number of nitrogen functional groups attached to an aromatic ring is 1. The summed E-state index contributed by atoms with van der Waals surface area (Å²) in [5, 5.41) is 11.3. The van der Waals surface area contributed by atoms with Crippen LogP contribution in [0.2, 0.25) is 5.02 Å². The monoisotopic (exact) mass is 412 g/mol. The fraction of sp³-hybridized carbons (Fsp3) is 0.350. The first kappa shape index (κ1) is 19.5. The van der Waals surface area contributed by atoms with E-state index >= 15 is 0 Å². The fourth-order valence-corrected chi connectivity index (χ4v) is 3.82. The Bertz CT molecular complexity index is 994. The largest absolute Gasteiger partial charge is 0.399 e. The van der Waals surface area contributed by atoms with Crippen molar-refractivity contribution in [1.29, 1.82) is 0 Å². The van der Waals surface area contributed by atoms with Crippen molar-refractivity contribution in [3.8, 4) is 11.3 Å². The van der Waals surface area contributed by atoms with Gasteiger partial charge < -0.3 is 21.3 Å². The average Bonchev–Trinajstić information content (AvgIpc) is 3.18. The summed E-state index contributed by atoms with van der Waals surface area (Å²) in [6, 6.07) is 7.89. The van der Waals surface area contributed by atoms with Crippen LogP contribution in [0.1, 0.15) is 18.9 Å². The molecule has 8 nitrogen and oxygen atoms in total. The zero-order valence-electron chi connectivity index (χ0n) is 16.6. The Morgan fingerprint density at radius 3 is 2.72 bits per heavy atom. The van der Waals surface area contributed by atoms with Crippen LogP contribution in [0.3, 0.4) is 0 Å². The quantitative estimate of drug-likeness (QED) is 0.550. The van der Waals surface area contributed by atoms with Crippen LogP contribution >= 0.6 is 11.6 Å². The highest BCUT2D eigenvalue weighted by Gasteiger charge is 2.19. The van der Waals surface area contributed by atoms with Gasteiger partial charge in [-0.25, -0.2) is 4.98 Å². The molecule has 3 aromatic rings. The number of nitrogens with one attached hydrogen (secondary N) is 2. The molecule has 0 amide bonds. The second kappa shape index (κ2) is 8.26. The Kier molecular flexibility index (Phi) is 5.55. The molecule has 152 valence electrons. The number of nitrogens with two attached hydrogens (primary N) is 1. The number of likely N-dealkylation sites (tertiary alicyclic amines) is 1. The summed E-state index contributed by atoms with van der Waals surface area (Å²) in [7, 11) is 3.93. The van der Waals surface area contributed by atoms with Crippen LogP contribution in [-0.2, 0) is 0 Å². The highest BCUT2D eigenvalue weighted by atomic mass is 35.5. The van der Waals surface area contributed by atoms with E-state index in [9.17, 15) is 0 Å². The highest BCUT2D eigenvalue weighted by Crippen LogP contribution is 2.33. The van der Waals surface area contributed by atoms with Gasteiger partial charge in [-0.1, -0.05) is 23.7 Å². The number of aromatic nitrogens is 4. The van der Waals surface area contributed by atoms with Crippen LogP contribution in [-0.4, -0.2) is 51.8 Å². The number of hydrogen-bond acceptors (Lipinski definition) is 7. The van der Waals surface area contributed by atoms with E-state index in [4.69, 9.17) is 17.3 Å². The number of anilines is 4. The first-order chi connectivity index (χ1) is 14.0. The second-order valence-corrected chi connectivity index (χ2v) is 7.68. The lowest BCUT2D eigenvalue weighted by molar-refractivity contribution is 0.212. The molecule has 1 saturated heterocycles. The van der Waals surface area contributed by atoms with Crippen molar-refractivity contribution < 1.29 is 0 Å². The summed E-state index contributed by atoms with van der Waals surface area (Å²) in [6.07, 6.45) is 6.00. The van der Waals surface area contributed by atoms with Crippen LogP contribution in [0, 0.1) is 0 Å². The van der Waals surface area contributed by atoms with Crippen LogP contribution in [0.15, 0.2) is 36.7 Å². The SMILES string of the molecule is CNc1nc(Nc2cnn(C3CCN(C)CC3)c2)nc(-c2cccc(N)c2)c1Cl. The molecule has 29 heavy (non-hydrogen) atoms. The van der Waals surface area contributed by atoms with Gasteiger partial charge in [0.15, 0.2) is 5.82 Å². The molecule has 0 saturated carbocycles. The van der Waals surface area contributed by atoms with E-state index in [0.29, 0.717) is 34.2 Å². The van der Waals surface area contributed by atoms with E-state index in [2.05, 4.69) is 37.6 Å². The minimum atomic E-state index is 0.420. The van der Waals surface area contributed by atoms with Gasteiger partial charge in [-0.3, -0.25) is 4.68 Å². The Hall–Kier alpha value is -2.84. The summed E-state index contributed by atoms with van der Waals surface area (Å²) in [5.41, 5.74) is 8.87. The van der Waals surface area contributed by atoms with Crippen LogP contribution < -0.4 is 16.4 Å². The van der Waals surface area contributed by atoms with Crippen LogP contribution in [0.4, 0.5) is 23.1 Å². The maximum absolute atomic E-state index is 6.51. The predicted octanol–water partition coefficient (Wildman–Crippen LogP) is 3.63. The third-order valence-corrected chi connectivity index (χ3v) is 5.53. The van der Waals surface area contributed by atoms with Gasteiger partial charge in [0.2, 0.25) is 5.95 Å². The van der Waals surface area contributed by atoms with E-state index in [0.717, 1.165) is 37.2 Å². The maximum Gasteiger partial charge on any atom is 0.229 e. The summed E-state index contributed by atoms with van der Waals surface area (Å²) < 4.78 is 2.03. The number of hydrogen-bond donors (Lipinski definition) is 3. The highest BCUT2D eigenvalue weighted by molar-refractivity contribution is 6.35. The van der Waals surface area contributed by atoms with E-state index in [1.165, 1.54) is 0 Å². The van der Waals surface area contributed by atoms with E-state index in [1.54, 1.807) is 13.2 Å². The third kappa shape index (κ3) is 4.28. The van der Waals surface area contributed by atoms with Crippen molar-refractivity contribution >= 4 is 34.7 Å². The first-order valence-electron chi connectivity index (χ1n) is 9.64. The molecule has 2 aromatic heterocycles. The summed E-state index contributed by atoms with van der Waals surface area (Å²) in [4.78, 5) is 11.5. The molecular weight excluding hydrogens is 388 g/mol. The van der Waals surface area contributed by atoms with Crippen LogP contribution in [0.25, 0.3) is 11.3 Å². The van der Waals surface area contributed by atoms with Crippen molar-refractivity contribution in [3.63, 3.8) is 0 Å². The first-order valence-corrected chi connectivity index (χ1v) is 10.0. The summed E-state index contributed by atoms with van der Waals surface area (Å²) in [5.74, 6) is 0.989. The predicted molar refractivity (Wildman–Crippen MR) is 118 cm³/mol. The van der Waals surface area contributed by atoms with Gasteiger partial charge in [-0.05, 0) is 45.1 Å². The molecule has 3 heterocycles. The summed E-state index contributed by atoms with van der Waals surface area (Å²) in [6.45, 7) is 2.17. The number of piperidine rings is 1. The van der Waals surface area contributed by atoms with Gasteiger partial charge in [0.05, 0.1) is 23.6 Å². The molecule has 4 N–H and O–H groups in total. The van der Waals surface area contributed by atoms with E-state index < -0.39 is 0 Å². The topological polar surface area (TPSA) is 96.9 Å². The zero-order valence-corrected chi connectivity index (χ0v) is 17.3. The number of benzene rings is 1. The average molecular weight is 413 g/mol. The fourth-order valence-electron chi connectivity index (χ4n) is 3.54. The molecule has 1 aromatic carbocycles. The molecule has 0 spiro atoms. The molecule has 0 atom stereocenters. The Balaban J connectivity index is 1.60. The van der Waals surface area contributed by atoms with Gasteiger partial charge in [0, 0.05) is 24.5 Å². The standard InChI is InChI=1S/C20H25ClN8/c1-23-19-17(21)18(13-4-3-5-14(22)10-13)26-20(27-19)25-15-11-24-29(12-15)16-6-8-28(2)9-7-16/h3-5,10-12,16H,6-9,22H2,1-2H3,(H2,23,25,26,27). The lowest BCUT2D eigenvalue weighted by Gasteiger charge is -2.28. The maximum atomic E-state index is 6.51. The number of rotatable bonds is 5. The lowest BCUT2D eigenvalue weighted by Crippen LogP contribution is -2.31. The Labute approximate surface area is 175 Å². The molecule has 0 aliphatic carbocycles. The van der Waals surface area contributed by atoms with Gasteiger partial charge >= 0.3 is 0 Å². The smallest absolute Gasteiger partial charge is 0.229 e. The van der Waals surface area contributed by atoms with Crippen molar-refractivity contribution in [3.05, 3.63) is 41.7 Å². The van der Waals surface area contributed by atoms with E-state index in [1.807, 2.05) is 35.1 Å².